The quantitative estimate of drug-likeness (QED) is 0.844. The summed E-state index contributed by atoms with van der Waals surface area (Å²) in [5.74, 6) is 0.957. The summed E-state index contributed by atoms with van der Waals surface area (Å²) >= 11 is 0. The number of rotatable bonds is 3. The minimum absolute atomic E-state index is 0.00426. The standard InChI is InChI=1S/C14H19NO/c1-10-5-6-12(8-11(10)2)9-13(15)14-4-3-7-16-14/h4-6,8,13H,3,7,9,15H2,1-2H3. The highest BCUT2D eigenvalue weighted by molar-refractivity contribution is 5.31. The van der Waals surface area contributed by atoms with Crippen LogP contribution in [0.3, 0.4) is 0 Å². The summed E-state index contributed by atoms with van der Waals surface area (Å²) in [6, 6.07) is 6.52. The van der Waals surface area contributed by atoms with Gasteiger partial charge in [-0.05, 0) is 43.0 Å². The summed E-state index contributed by atoms with van der Waals surface area (Å²) in [6.07, 6.45) is 3.95. The molecule has 0 saturated heterocycles. The zero-order valence-corrected chi connectivity index (χ0v) is 9.99. The normalized spacial score (nSPS) is 16.8. The molecule has 0 aromatic heterocycles. The summed E-state index contributed by atoms with van der Waals surface area (Å²) in [5, 5.41) is 0. The van der Waals surface area contributed by atoms with Gasteiger partial charge in [-0.15, -0.1) is 0 Å². The van der Waals surface area contributed by atoms with Crippen molar-refractivity contribution in [3.05, 3.63) is 46.7 Å². The molecule has 0 aliphatic carbocycles. The molecule has 0 saturated carbocycles. The van der Waals surface area contributed by atoms with Crippen LogP contribution in [-0.2, 0) is 11.2 Å². The van der Waals surface area contributed by atoms with Crippen molar-refractivity contribution < 1.29 is 4.74 Å². The van der Waals surface area contributed by atoms with Crippen molar-refractivity contribution in [1.29, 1.82) is 0 Å². The van der Waals surface area contributed by atoms with E-state index in [-0.39, 0.29) is 6.04 Å². The number of ether oxygens (including phenoxy) is 1. The van der Waals surface area contributed by atoms with Crippen molar-refractivity contribution in [3.63, 3.8) is 0 Å². The van der Waals surface area contributed by atoms with Crippen LogP contribution in [0.5, 0.6) is 0 Å². The van der Waals surface area contributed by atoms with E-state index in [1.165, 1.54) is 16.7 Å². The molecule has 2 nitrogen and oxygen atoms in total. The van der Waals surface area contributed by atoms with E-state index in [2.05, 4.69) is 38.1 Å². The van der Waals surface area contributed by atoms with E-state index >= 15 is 0 Å². The SMILES string of the molecule is Cc1ccc(CC(N)C2=CCCO2)cc1C. The van der Waals surface area contributed by atoms with Gasteiger partial charge in [-0.3, -0.25) is 0 Å². The van der Waals surface area contributed by atoms with Gasteiger partial charge >= 0.3 is 0 Å². The first-order valence-corrected chi connectivity index (χ1v) is 5.81. The van der Waals surface area contributed by atoms with Gasteiger partial charge < -0.3 is 10.5 Å². The van der Waals surface area contributed by atoms with E-state index in [1.54, 1.807) is 0 Å². The van der Waals surface area contributed by atoms with Crippen LogP contribution in [0, 0.1) is 13.8 Å². The van der Waals surface area contributed by atoms with Gasteiger partial charge in [-0.25, -0.2) is 0 Å². The minimum atomic E-state index is 0.00426. The van der Waals surface area contributed by atoms with Crippen molar-refractivity contribution in [3.8, 4) is 0 Å². The maximum absolute atomic E-state index is 6.11. The molecule has 86 valence electrons. The number of nitrogens with two attached hydrogens (primary N) is 1. The molecule has 2 rings (SSSR count). The third-order valence-corrected chi connectivity index (χ3v) is 3.12. The van der Waals surface area contributed by atoms with Gasteiger partial charge in [0.1, 0.15) is 5.76 Å². The Bertz CT molecular complexity index is 409. The van der Waals surface area contributed by atoms with Crippen LogP contribution in [0.25, 0.3) is 0 Å². The number of aryl methyl sites for hydroxylation is 2. The zero-order valence-electron chi connectivity index (χ0n) is 9.99. The second-order valence-corrected chi connectivity index (χ2v) is 4.47. The molecule has 1 aromatic rings. The molecule has 2 heteroatoms. The predicted octanol–water partition coefficient (Wildman–Crippen LogP) is 2.48. The fraction of sp³-hybridized carbons (Fsp3) is 0.429. The molecule has 1 atom stereocenters. The third-order valence-electron chi connectivity index (χ3n) is 3.12. The van der Waals surface area contributed by atoms with Crippen molar-refractivity contribution in [2.24, 2.45) is 5.73 Å². The summed E-state index contributed by atoms with van der Waals surface area (Å²) in [4.78, 5) is 0. The van der Waals surface area contributed by atoms with E-state index in [0.29, 0.717) is 0 Å². The van der Waals surface area contributed by atoms with Gasteiger partial charge in [-0.1, -0.05) is 18.2 Å². The maximum atomic E-state index is 6.11. The zero-order chi connectivity index (χ0) is 11.5. The summed E-state index contributed by atoms with van der Waals surface area (Å²) in [6.45, 7) is 5.05. The second-order valence-electron chi connectivity index (χ2n) is 4.47. The van der Waals surface area contributed by atoms with Crippen molar-refractivity contribution in [2.45, 2.75) is 32.7 Å². The molecule has 1 aliphatic heterocycles. The van der Waals surface area contributed by atoms with Crippen LogP contribution in [0.15, 0.2) is 30.0 Å². The molecule has 1 unspecified atom stereocenters. The van der Waals surface area contributed by atoms with Crippen LogP contribution < -0.4 is 5.73 Å². The van der Waals surface area contributed by atoms with Gasteiger partial charge in [0.05, 0.1) is 12.6 Å². The Morgan fingerprint density at radius 2 is 2.12 bits per heavy atom. The van der Waals surface area contributed by atoms with E-state index < -0.39 is 0 Å². The Balaban J connectivity index is 2.05. The fourth-order valence-corrected chi connectivity index (χ4v) is 1.98. The number of hydrogen-bond acceptors (Lipinski definition) is 2. The van der Waals surface area contributed by atoms with E-state index in [1.807, 2.05) is 0 Å². The monoisotopic (exact) mass is 217 g/mol. The van der Waals surface area contributed by atoms with Crippen LogP contribution in [0.2, 0.25) is 0 Å². The first kappa shape index (κ1) is 11.2. The van der Waals surface area contributed by atoms with Crippen LogP contribution in [0.4, 0.5) is 0 Å². The molecule has 2 N–H and O–H groups in total. The number of hydrogen-bond donors (Lipinski definition) is 1. The highest BCUT2D eigenvalue weighted by atomic mass is 16.5. The predicted molar refractivity (Wildman–Crippen MR) is 66.2 cm³/mol. The summed E-state index contributed by atoms with van der Waals surface area (Å²) in [7, 11) is 0. The highest BCUT2D eigenvalue weighted by Gasteiger charge is 2.15. The van der Waals surface area contributed by atoms with Gasteiger partial charge in [0.2, 0.25) is 0 Å². The van der Waals surface area contributed by atoms with Gasteiger partial charge in [0, 0.05) is 6.42 Å². The minimum Gasteiger partial charge on any atom is -0.496 e. The summed E-state index contributed by atoms with van der Waals surface area (Å²) in [5.41, 5.74) is 10.0. The Morgan fingerprint density at radius 1 is 1.31 bits per heavy atom. The maximum Gasteiger partial charge on any atom is 0.109 e. The molecular weight excluding hydrogens is 198 g/mol. The van der Waals surface area contributed by atoms with Gasteiger partial charge in [-0.2, -0.15) is 0 Å². The van der Waals surface area contributed by atoms with Crippen LogP contribution >= 0.6 is 0 Å². The van der Waals surface area contributed by atoms with Crippen molar-refractivity contribution in [1.82, 2.24) is 0 Å². The topological polar surface area (TPSA) is 35.2 Å². The number of benzene rings is 1. The van der Waals surface area contributed by atoms with Gasteiger partial charge in [0.15, 0.2) is 0 Å². The molecule has 0 radical (unpaired) electrons. The highest BCUT2D eigenvalue weighted by Crippen LogP contribution is 2.17. The average Bonchev–Trinajstić information content (AvgIpc) is 2.77. The van der Waals surface area contributed by atoms with Crippen molar-refractivity contribution >= 4 is 0 Å². The molecule has 1 aromatic carbocycles. The smallest absolute Gasteiger partial charge is 0.109 e. The lowest BCUT2D eigenvalue weighted by atomic mass is 10.0. The van der Waals surface area contributed by atoms with Crippen molar-refractivity contribution in [2.75, 3.05) is 6.61 Å². The lowest BCUT2D eigenvalue weighted by Gasteiger charge is -2.14. The average molecular weight is 217 g/mol. The summed E-state index contributed by atoms with van der Waals surface area (Å²) < 4.78 is 5.48. The fourth-order valence-electron chi connectivity index (χ4n) is 1.98. The largest absolute Gasteiger partial charge is 0.496 e. The molecule has 0 amide bonds. The Labute approximate surface area is 97.1 Å². The molecule has 1 aliphatic rings. The van der Waals surface area contributed by atoms with E-state index in [4.69, 9.17) is 10.5 Å². The van der Waals surface area contributed by atoms with Gasteiger partial charge in [0.25, 0.3) is 0 Å². The van der Waals surface area contributed by atoms with Crippen LogP contribution in [-0.4, -0.2) is 12.6 Å². The van der Waals surface area contributed by atoms with Crippen LogP contribution in [0.1, 0.15) is 23.1 Å². The lowest BCUT2D eigenvalue weighted by Crippen LogP contribution is -2.25. The molecule has 0 fully saturated rings. The Morgan fingerprint density at radius 3 is 2.75 bits per heavy atom. The molecule has 0 spiro atoms. The molecular formula is C14H19NO. The molecule has 1 heterocycles. The second kappa shape index (κ2) is 4.71. The lowest BCUT2D eigenvalue weighted by molar-refractivity contribution is 0.224. The van der Waals surface area contributed by atoms with E-state index in [9.17, 15) is 0 Å². The molecule has 0 bridgehead atoms. The first-order valence-electron chi connectivity index (χ1n) is 5.81. The third kappa shape index (κ3) is 2.45. The Kier molecular flexibility index (Phi) is 3.30. The van der Waals surface area contributed by atoms with E-state index in [0.717, 1.165) is 25.2 Å². The Hall–Kier alpha value is -1.28. The molecule has 16 heavy (non-hydrogen) atoms. The first-order chi connectivity index (χ1) is 7.66.